The molecule has 22 heavy (non-hydrogen) atoms. The van der Waals surface area contributed by atoms with Gasteiger partial charge in [-0.3, -0.25) is 0 Å². The first-order valence-corrected chi connectivity index (χ1v) is 10.1. The Balaban J connectivity index is 3.02. The van der Waals surface area contributed by atoms with E-state index in [9.17, 15) is 0 Å². The average molecular weight is 309 g/mol. The normalized spacial score (nSPS) is 11.5. The third-order valence-corrected chi connectivity index (χ3v) is 4.22. The molecule has 0 aliphatic carbocycles. The standard InChI is InChI=1S/C21H42N/c1-3-5-6-7-8-9-10-11-12-13-14-15-16-17-18-19-21-22-20-4-2/h11-12,22H,2-10,13-21H2,1H3/b12-11-. The van der Waals surface area contributed by atoms with Crippen LogP contribution in [0.5, 0.6) is 0 Å². The first kappa shape index (κ1) is 21.7. The third kappa shape index (κ3) is 19.7. The van der Waals surface area contributed by atoms with Crippen LogP contribution in [0, 0.1) is 6.92 Å². The second-order valence-corrected chi connectivity index (χ2v) is 6.54. The molecule has 0 aromatic rings. The molecule has 0 unspecified atom stereocenters. The van der Waals surface area contributed by atoms with Gasteiger partial charge >= 0.3 is 0 Å². The van der Waals surface area contributed by atoms with Crippen molar-refractivity contribution in [3.8, 4) is 0 Å². The van der Waals surface area contributed by atoms with Gasteiger partial charge in [0.2, 0.25) is 0 Å². The molecule has 0 spiro atoms. The van der Waals surface area contributed by atoms with Crippen molar-refractivity contribution in [2.75, 3.05) is 13.1 Å². The van der Waals surface area contributed by atoms with E-state index in [2.05, 4.69) is 31.3 Å². The predicted octanol–water partition coefficient (Wildman–Crippen LogP) is 6.84. The fourth-order valence-corrected chi connectivity index (χ4v) is 2.75. The molecule has 0 aliphatic rings. The van der Waals surface area contributed by atoms with Crippen LogP contribution in [0.4, 0.5) is 0 Å². The van der Waals surface area contributed by atoms with Crippen molar-refractivity contribution in [2.45, 2.75) is 103 Å². The van der Waals surface area contributed by atoms with Gasteiger partial charge in [0.15, 0.2) is 0 Å². The Morgan fingerprint density at radius 2 is 1.14 bits per heavy atom. The average Bonchev–Trinajstić information content (AvgIpc) is 2.54. The zero-order valence-corrected chi connectivity index (χ0v) is 15.4. The highest BCUT2D eigenvalue weighted by Gasteiger charge is 1.91. The SMILES string of the molecule is [CH2]CCNCCCCCCCC/C=C\CCCCCCCC. The highest BCUT2D eigenvalue weighted by Crippen LogP contribution is 2.09. The molecule has 0 aromatic carbocycles. The fourth-order valence-electron chi connectivity index (χ4n) is 2.75. The van der Waals surface area contributed by atoms with E-state index in [1.165, 1.54) is 96.4 Å². The molecule has 131 valence electrons. The number of hydrogen-bond acceptors (Lipinski definition) is 1. The number of unbranched alkanes of at least 4 members (excludes halogenated alkanes) is 12. The van der Waals surface area contributed by atoms with Crippen LogP contribution >= 0.6 is 0 Å². The van der Waals surface area contributed by atoms with E-state index in [0.29, 0.717) is 0 Å². The summed E-state index contributed by atoms with van der Waals surface area (Å²) >= 11 is 0. The molecule has 1 radical (unpaired) electrons. The third-order valence-electron chi connectivity index (χ3n) is 4.22. The van der Waals surface area contributed by atoms with Crippen molar-refractivity contribution in [1.82, 2.24) is 5.32 Å². The van der Waals surface area contributed by atoms with Gasteiger partial charge in [-0.1, -0.05) is 83.8 Å². The molecule has 0 saturated heterocycles. The molecule has 0 aliphatic heterocycles. The van der Waals surface area contributed by atoms with Gasteiger partial charge in [0.05, 0.1) is 0 Å². The summed E-state index contributed by atoms with van der Waals surface area (Å²) in [5.41, 5.74) is 0. The number of allylic oxidation sites excluding steroid dienone is 2. The van der Waals surface area contributed by atoms with Crippen molar-refractivity contribution in [3.63, 3.8) is 0 Å². The zero-order valence-electron chi connectivity index (χ0n) is 15.4. The zero-order chi connectivity index (χ0) is 16.1. The molecule has 0 fully saturated rings. The second-order valence-electron chi connectivity index (χ2n) is 6.54. The summed E-state index contributed by atoms with van der Waals surface area (Å²) in [6, 6.07) is 0. The molecule has 0 heterocycles. The summed E-state index contributed by atoms with van der Waals surface area (Å²) in [5, 5.41) is 3.41. The molecule has 1 heteroatoms. The van der Waals surface area contributed by atoms with Crippen LogP contribution in [0.3, 0.4) is 0 Å². The van der Waals surface area contributed by atoms with Crippen LogP contribution in [0.25, 0.3) is 0 Å². The van der Waals surface area contributed by atoms with Crippen LogP contribution in [-0.2, 0) is 0 Å². The van der Waals surface area contributed by atoms with Crippen LogP contribution in [0.1, 0.15) is 103 Å². The van der Waals surface area contributed by atoms with Gasteiger partial charge in [-0.05, 0) is 51.6 Å². The van der Waals surface area contributed by atoms with Gasteiger partial charge in [-0.25, -0.2) is 0 Å². The fraction of sp³-hybridized carbons (Fsp3) is 0.857. The lowest BCUT2D eigenvalue weighted by atomic mass is 10.1. The van der Waals surface area contributed by atoms with Crippen LogP contribution in [-0.4, -0.2) is 13.1 Å². The number of nitrogens with one attached hydrogen (secondary N) is 1. The number of rotatable bonds is 18. The lowest BCUT2D eigenvalue weighted by Crippen LogP contribution is -2.15. The monoisotopic (exact) mass is 308 g/mol. The molecule has 0 atom stereocenters. The minimum absolute atomic E-state index is 1.01. The molecular weight excluding hydrogens is 266 g/mol. The predicted molar refractivity (Wildman–Crippen MR) is 102 cm³/mol. The van der Waals surface area contributed by atoms with Crippen molar-refractivity contribution >= 4 is 0 Å². The topological polar surface area (TPSA) is 12.0 Å². The first-order valence-electron chi connectivity index (χ1n) is 10.1. The van der Waals surface area contributed by atoms with Crippen LogP contribution < -0.4 is 5.32 Å². The number of hydrogen-bond donors (Lipinski definition) is 1. The Hall–Kier alpha value is -0.300. The Kier molecular flexibility index (Phi) is 20.4. The summed E-state index contributed by atoms with van der Waals surface area (Å²) < 4.78 is 0. The Morgan fingerprint density at radius 1 is 0.636 bits per heavy atom. The summed E-state index contributed by atoms with van der Waals surface area (Å²) in [5.74, 6) is 0. The summed E-state index contributed by atoms with van der Waals surface area (Å²) in [6.45, 7) is 8.37. The molecule has 0 aromatic heterocycles. The van der Waals surface area contributed by atoms with Crippen LogP contribution in [0.15, 0.2) is 12.2 Å². The van der Waals surface area contributed by atoms with Gasteiger partial charge in [0.25, 0.3) is 0 Å². The van der Waals surface area contributed by atoms with Gasteiger partial charge < -0.3 is 5.32 Å². The van der Waals surface area contributed by atoms with Gasteiger partial charge in [0, 0.05) is 0 Å². The van der Waals surface area contributed by atoms with E-state index in [1.54, 1.807) is 0 Å². The Morgan fingerprint density at radius 3 is 1.68 bits per heavy atom. The van der Waals surface area contributed by atoms with E-state index in [0.717, 1.165) is 13.0 Å². The quantitative estimate of drug-likeness (QED) is 0.216. The minimum Gasteiger partial charge on any atom is -0.317 e. The molecule has 0 amide bonds. The smallest absolute Gasteiger partial charge is 0.00489 e. The van der Waals surface area contributed by atoms with Crippen molar-refractivity contribution in [2.24, 2.45) is 0 Å². The summed E-state index contributed by atoms with van der Waals surface area (Å²) in [6.07, 6.45) is 25.2. The van der Waals surface area contributed by atoms with E-state index in [1.807, 2.05) is 0 Å². The van der Waals surface area contributed by atoms with E-state index < -0.39 is 0 Å². The molecule has 0 rings (SSSR count). The summed E-state index contributed by atoms with van der Waals surface area (Å²) in [7, 11) is 0. The maximum absolute atomic E-state index is 3.83. The molecule has 1 N–H and O–H groups in total. The van der Waals surface area contributed by atoms with Crippen molar-refractivity contribution in [3.05, 3.63) is 19.1 Å². The molecule has 0 saturated carbocycles. The molecule has 0 bridgehead atoms. The van der Waals surface area contributed by atoms with Gasteiger partial charge in [-0.2, -0.15) is 0 Å². The summed E-state index contributed by atoms with van der Waals surface area (Å²) in [4.78, 5) is 0. The van der Waals surface area contributed by atoms with Crippen LogP contribution in [0.2, 0.25) is 0 Å². The Labute approximate surface area is 141 Å². The maximum atomic E-state index is 3.83. The Bertz CT molecular complexity index is 210. The lowest BCUT2D eigenvalue weighted by molar-refractivity contribution is 0.568. The largest absolute Gasteiger partial charge is 0.317 e. The van der Waals surface area contributed by atoms with E-state index in [4.69, 9.17) is 0 Å². The highest BCUT2D eigenvalue weighted by molar-refractivity contribution is 4.81. The first-order chi connectivity index (χ1) is 10.9. The molecule has 1 nitrogen and oxygen atoms in total. The van der Waals surface area contributed by atoms with E-state index in [-0.39, 0.29) is 0 Å². The minimum atomic E-state index is 1.01. The van der Waals surface area contributed by atoms with E-state index >= 15 is 0 Å². The lowest BCUT2D eigenvalue weighted by Gasteiger charge is -2.02. The van der Waals surface area contributed by atoms with Gasteiger partial charge in [0.1, 0.15) is 0 Å². The second kappa shape index (κ2) is 20.7. The van der Waals surface area contributed by atoms with Crippen molar-refractivity contribution < 1.29 is 0 Å². The van der Waals surface area contributed by atoms with Crippen molar-refractivity contribution in [1.29, 1.82) is 0 Å². The molecular formula is C21H42N. The highest BCUT2D eigenvalue weighted by atomic mass is 14.8. The maximum Gasteiger partial charge on any atom is -0.00489 e. The van der Waals surface area contributed by atoms with Gasteiger partial charge in [-0.15, -0.1) is 0 Å².